The molecule has 2 aromatic rings. The second kappa shape index (κ2) is 6.30. The molecule has 0 bridgehead atoms. The van der Waals surface area contributed by atoms with Gasteiger partial charge in [-0.1, -0.05) is 25.6 Å². The first kappa shape index (κ1) is 14.6. The molecule has 3 heterocycles. The van der Waals surface area contributed by atoms with Gasteiger partial charge in [0.2, 0.25) is 5.72 Å². The van der Waals surface area contributed by atoms with Crippen molar-refractivity contribution in [3.63, 3.8) is 0 Å². The van der Waals surface area contributed by atoms with Crippen LogP contribution in [-0.2, 0) is 10.5 Å². The number of hydrogen-bond donors (Lipinski definition) is 4. The van der Waals surface area contributed by atoms with E-state index in [4.69, 9.17) is 25.4 Å². The summed E-state index contributed by atoms with van der Waals surface area (Å²) in [5, 5.41) is 30.9. The third kappa shape index (κ3) is 2.30. The van der Waals surface area contributed by atoms with Crippen LogP contribution in [0.5, 0.6) is 0 Å². The number of thiocarbonyl (C=S) groups is 1. The Morgan fingerprint density at radius 1 is 1.54 bits per heavy atom. The van der Waals surface area contributed by atoms with Gasteiger partial charge in [0.15, 0.2) is 11.5 Å². The fourth-order valence-electron chi connectivity index (χ4n) is 2.82. The third-order valence-electron chi connectivity index (χ3n) is 3.98. The Hall–Kier alpha value is -1.72. The molecule has 1 fully saturated rings. The molecule has 24 heavy (non-hydrogen) atoms. The number of imidazole rings is 1. The van der Waals surface area contributed by atoms with Gasteiger partial charge in [-0.2, -0.15) is 0 Å². The summed E-state index contributed by atoms with van der Waals surface area (Å²) in [5.74, 6) is 0.0935. The molecule has 1 aliphatic heterocycles. The highest BCUT2D eigenvalue weighted by molar-refractivity contribution is 7.80. The van der Waals surface area contributed by atoms with Gasteiger partial charge in [0, 0.05) is 4.86 Å². The quantitative estimate of drug-likeness (QED) is 0.515. The van der Waals surface area contributed by atoms with Gasteiger partial charge in [-0.15, -0.1) is 0 Å². The van der Waals surface area contributed by atoms with E-state index < -0.39 is 30.6 Å². The monoisotopic (exact) mass is 355 g/mol. The molecule has 0 radical (unpaired) electrons. The molecule has 1 aliphatic rings. The lowest BCUT2D eigenvalue weighted by Gasteiger charge is -2.34. The van der Waals surface area contributed by atoms with Crippen LogP contribution >= 0.6 is 12.2 Å². The van der Waals surface area contributed by atoms with Crippen LogP contribution in [-0.4, -0.2) is 64.6 Å². The molecular formula is C14H19N5O4S. The molecule has 1 saturated heterocycles. The molecule has 2 aromatic heterocycles. The average Bonchev–Trinajstić information content (AvgIpc) is 3.08. The molecular weight excluding hydrogens is 334 g/mol. The minimum absolute atomic E-state index is 0.0935. The number of aromatic nitrogens is 4. The predicted octanol–water partition coefficient (Wildman–Crippen LogP) is -0.656. The fourth-order valence-corrected chi connectivity index (χ4v) is 3.29. The number of nitrogens with zero attached hydrogens (tertiary/aromatic N) is 4. The van der Waals surface area contributed by atoms with Gasteiger partial charge in [-0.05, 0) is 6.42 Å². The number of hydrogen-bond acceptors (Lipinski definition) is 9. The largest absolute Gasteiger partial charge is 0.394 e. The highest BCUT2D eigenvalue weighted by Crippen LogP contribution is 2.40. The lowest BCUT2D eigenvalue weighted by molar-refractivity contribution is -0.0945. The smallest absolute Gasteiger partial charge is 0.209 e. The molecule has 0 aromatic carbocycles. The summed E-state index contributed by atoms with van der Waals surface area (Å²) in [6.07, 6.45) is -2.97. The minimum Gasteiger partial charge on any atom is -0.394 e. The van der Waals surface area contributed by atoms with E-state index in [1.165, 1.54) is 17.2 Å². The molecule has 5 atom stereocenters. The van der Waals surface area contributed by atoms with E-state index in [1.807, 2.05) is 6.92 Å². The molecule has 130 valence electrons. The van der Waals surface area contributed by atoms with E-state index in [0.717, 1.165) is 0 Å². The lowest BCUT2D eigenvalue weighted by atomic mass is 9.96. The van der Waals surface area contributed by atoms with Crippen LogP contribution in [0.3, 0.4) is 0 Å². The maximum absolute atomic E-state index is 10.8. The standard InChI is InChI=1S/C14H19N5O4S/c1-2-3-8(24)14(11(22)10(21)7(4-20)23-14)19-6-18-9-12(15)16-5-17-13(9)19/h5-7,10-11,20-22H,2-4H2,1H3,(H2,15,16,17)/t7-,10-,11-,14-/m1/s1/i4D,10D/t4?,7-,10-,11-,14-. The summed E-state index contributed by atoms with van der Waals surface area (Å²) < 4.78 is 22.5. The van der Waals surface area contributed by atoms with Crippen molar-refractivity contribution in [1.82, 2.24) is 19.5 Å². The average molecular weight is 355 g/mol. The van der Waals surface area contributed by atoms with Crippen molar-refractivity contribution in [2.45, 2.75) is 43.8 Å². The fraction of sp³-hybridized carbons (Fsp3) is 0.571. The second-order valence-corrected chi connectivity index (χ2v) is 5.92. The van der Waals surface area contributed by atoms with Crippen LogP contribution in [0, 0.1) is 0 Å². The third-order valence-corrected chi connectivity index (χ3v) is 4.48. The molecule has 0 aliphatic carbocycles. The number of nitrogen functional groups attached to an aromatic ring is 1. The number of nitrogens with two attached hydrogens (primary N) is 1. The lowest BCUT2D eigenvalue weighted by Crippen LogP contribution is -2.51. The molecule has 0 amide bonds. The summed E-state index contributed by atoms with van der Waals surface area (Å²) >= 11 is 5.44. The van der Waals surface area contributed by atoms with Crippen molar-refractivity contribution < 1.29 is 22.8 Å². The minimum atomic E-state index is -2.69. The van der Waals surface area contributed by atoms with Crippen LogP contribution in [0.15, 0.2) is 12.7 Å². The summed E-state index contributed by atoms with van der Waals surface area (Å²) in [6, 6.07) is 0. The van der Waals surface area contributed by atoms with Crippen molar-refractivity contribution in [1.29, 1.82) is 0 Å². The molecule has 9 nitrogen and oxygen atoms in total. The normalized spacial score (nSPS) is 35.7. The number of fused-ring (bicyclic) bond motifs is 1. The first-order valence-electron chi connectivity index (χ1n) is 8.41. The summed E-state index contributed by atoms with van der Waals surface area (Å²) in [4.78, 5) is 12.2. The van der Waals surface area contributed by atoms with E-state index in [-0.39, 0.29) is 21.8 Å². The van der Waals surface area contributed by atoms with Gasteiger partial charge in [0.25, 0.3) is 0 Å². The van der Waals surface area contributed by atoms with E-state index in [1.54, 1.807) is 0 Å². The van der Waals surface area contributed by atoms with Gasteiger partial charge in [-0.3, -0.25) is 4.57 Å². The van der Waals surface area contributed by atoms with E-state index in [9.17, 15) is 15.3 Å². The number of ether oxygens (including phenoxy) is 1. The summed E-state index contributed by atoms with van der Waals surface area (Å²) in [7, 11) is 0. The van der Waals surface area contributed by atoms with Crippen molar-refractivity contribution >= 4 is 34.1 Å². The molecule has 0 spiro atoms. The van der Waals surface area contributed by atoms with Crippen LogP contribution in [0.1, 0.15) is 22.5 Å². The van der Waals surface area contributed by atoms with Crippen molar-refractivity contribution in [3.8, 4) is 0 Å². The zero-order chi connectivity index (χ0) is 19.3. The van der Waals surface area contributed by atoms with E-state index >= 15 is 0 Å². The predicted molar refractivity (Wildman–Crippen MR) is 89.2 cm³/mol. The molecule has 10 heteroatoms. The molecule has 1 unspecified atom stereocenters. The van der Waals surface area contributed by atoms with Gasteiger partial charge >= 0.3 is 0 Å². The summed E-state index contributed by atoms with van der Waals surface area (Å²) in [5.41, 5.74) is 4.26. The number of rotatable bonds is 5. The van der Waals surface area contributed by atoms with Crippen molar-refractivity contribution in [2.24, 2.45) is 0 Å². The second-order valence-electron chi connectivity index (χ2n) is 5.43. The Labute approximate surface area is 145 Å². The van der Waals surface area contributed by atoms with Crippen molar-refractivity contribution in [3.05, 3.63) is 12.7 Å². The Bertz CT molecular complexity index is 848. The highest BCUT2D eigenvalue weighted by atomic mass is 32.1. The number of anilines is 1. The molecule has 5 N–H and O–H groups in total. The Morgan fingerprint density at radius 3 is 2.92 bits per heavy atom. The number of aliphatic hydroxyl groups is 3. The zero-order valence-electron chi connectivity index (χ0n) is 14.8. The van der Waals surface area contributed by atoms with Gasteiger partial charge in [-0.25, -0.2) is 15.0 Å². The van der Waals surface area contributed by atoms with Gasteiger partial charge in [0.05, 0.1) is 15.7 Å². The number of aliphatic hydroxyl groups excluding tert-OH is 2. The van der Waals surface area contributed by atoms with E-state index in [0.29, 0.717) is 12.8 Å². The SMILES string of the molecule is [2H]C(O)[C@H]1O[C@@](C(=S)CCC)(n2cnc3c(N)ncnc32)[C@H](O)[C@]1([2H])O. The van der Waals surface area contributed by atoms with Crippen LogP contribution in [0.2, 0.25) is 0 Å². The maximum Gasteiger partial charge on any atom is 0.209 e. The van der Waals surface area contributed by atoms with Crippen LogP contribution < -0.4 is 5.73 Å². The molecule has 0 saturated carbocycles. The van der Waals surface area contributed by atoms with Gasteiger partial charge < -0.3 is 25.8 Å². The molecule has 3 rings (SSSR count). The van der Waals surface area contributed by atoms with Crippen molar-refractivity contribution in [2.75, 3.05) is 12.3 Å². The van der Waals surface area contributed by atoms with Crippen LogP contribution in [0.25, 0.3) is 11.2 Å². The first-order chi connectivity index (χ1) is 12.2. The summed E-state index contributed by atoms with van der Waals surface area (Å²) in [6.45, 7) is -0.120. The van der Waals surface area contributed by atoms with Gasteiger partial charge in [0.1, 0.15) is 30.1 Å². The first-order valence-corrected chi connectivity index (χ1v) is 7.74. The van der Waals surface area contributed by atoms with Crippen LogP contribution in [0.4, 0.5) is 5.82 Å². The van der Waals surface area contributed by atoms with E-state index in [2.05, 4.69) is 15.0 Å². The Morgan fingerprint density at radius 2 is 2.29 bits per heavy atom. The Kier molecular flexibility index (Phi) is 3.83. The maximum atomic E-state index is 10.8. The Balaban J connectivity index is 2.27. The highest BCUT2D eigenvalue weighted by Gasteiger charge is 2.58. The topological polar surface area (TPSA) is 140 Å². The zero-order valence-corrected chi connectivity index (χ0v) is 13.6.